The van der Waals surface area contributed by atoms with Crippen molar-refractivity contribution in [2.45, 2.75) is 44.1 Å². The Morgan fingerprint density at radius 1 is 1.04 bits per heavy atom. The van der Waals surface area contributed by atoms with Crippen LogP contribution in [0.15, 0.2) is 24.3 Å². The summed E-state index contributed by atoms with van der Waals surface area (Å²) < 4.78 is 0. The van der Waals surface area contributed by atoms with Gasteiger partial charge in [-0.05, 0) is 67.3 Å². The van der Waals surface area contributed by atoms with Crippen LogP contribution in [0.5, 0.6) is 11.5 Å². The second-order valence-corrected chi connectivity index (χ2v) is 8.50. The van der Waals surface area contributed by atoms with Crippen molar-refractivity contribution >= 4 is 21.8 Å². The number of H-pyrrole nitrogens is 1. The van der Waals surface area contributed by atoms with Gasteiger partial charge in [0.2, 0.25) is 0 Å². The second kappa shape index (κ2) is 4.95. The number of piperidine rings is 1. The van der Waals surface area contributed by atoms with E-state index in [1.165, 1.54) is 43.2 Å². The van der Waals surface area contributed by atoms with E-state index in [2.05, 4.69) is 16.4 Å². The van der Waals surface area contributed by atoms with Crippen molar-refractivity contribution in [3.8, 4) is 11.5 Å². The molecule has 2 aliphatic carbocycles. The lowest BCUT2D eigenvalue weighted by atomic mass is 9.55. The summed E-state index contributed by atoms with van der Waals surface area (Å²) in [6, 6.07) is 7.66. The van der Waals surface area contributed by atoms with E-state index in [9.17, 15) is 10.2 Å². The third-order valence-electron chi connectivity index (χ3n) is 7.42. The van der Waals surface area contributed by atoms with Crippen molar-refractivity contribution in [2.75, 3.05) is 6.54 Å². The fourth-order valence-corrected chi connectivity index (χ4v) is 6.42. The summed E-state index contributed by atoms with van der Waals surface area (Å²) in [7, 11) is 0. The largest absolute Gasteiger partial charge is 0.506 e. The maximum atomic E-state index is 10.9. The van der Waals surface area contributed by atoms with Crippen molar-refractivity contribution in [2.24, 2.45) is 11.8 Å². The van der Waals surface area contributed by atoms with Crippen molar-refractivity contribution in [3.05, 3.63) is 35.4 Å². The summed E-state index contributed by atoms with van der Waals surface area (Å²) in [5.41, 5.74) is 4.22. The number of para-hydroxylation sites is 1. The van der Waals surface area contributed by atoms with Gasteiger partial charge in [-0.2, -0.15) is 0 Å². The van der Waals surface area contributed by atoms with Gasteiger partial charge in [-0.15, -0.1) is 0 Å². The zero-order valence-electron chi connectivity index (χ0n) is 14.8. The average Bonchev–Trinajstić information content (AvgIpc) is 3.05. The number of aromatic nitrogens is 1. The van der Waals surface area contributed by atoms with Gasteiger partial charge in [0.05, 0.1) is 11.0 Å². The molecular weight excluding hydrogens is 324 g/mol. The predicted octanol–water partition coefficient (Wildman–Crippen LogP) is 4.28. The number of phenols is 2. The topological polar surface area (TPSA) is 68.3 Å². The highest BCUT2D eigenvalue weighted by Gasteiger charge is 2.52. The molecule has 3 aromatic rings. The Balaban J connectivity index is 1.74. The van der Waals surface area contributed by atoms with E-state index in [0.29, 0.717) is 11.7 Å². The number of aromatic amines is 1. The lowest BCUT2D eigenvalue weighted by Crippen LogP contribution is -2.59. The molecule has 0 amide bonds. The van der Waals surface area contributed by atoms with Crippen LogP contribution in [0.2, 0.25) is 0 Å². The van der Waals surface area contributed by atoms with E-state index in [1.807, 2.05) is 12.1 Å². The van der Waals surface area contributed by atoms with Crippen LogP contribution >= 0.6 is 0 Å². The molecule has 1 saturated carbocycles. The van der Waals surface area contributed by atoms with Gasteiger partial charge < -0.3 is 20.5 Å². The summed E-state index contributed by atoms with van der Waals surface area (Å²) in [4.78, 5) is 3.28. The molecule has 1 aliphatic heterocycles. The van der Waals surface area contributed by atoms with E-state index in [4.69, 9.17) is 0 Å². The van der Waals surface area contributed by atoms with Crippen LogP contribution in [0.1, 0.15) is 43.2 Å². The van der Waals surface area contributed by atoms with Crippen molar-refractivity contribution in [3.63, 3.8) is 0 Å². The zero-order valence-corrected chi connectivity index (χ0v) is 14.8. The van der Waals surface area contributed by atoms with Crippen molar-refractivity contribution in [1.29, 1.82) is 0 Å². The molecule has 26 heavy (non-hydrogen) atoms. The van der Waals surface area contributed by atoms with Crippen molar-refractivity contribution < 1.29 is 10.2 Å². The molecule has 2 heterocycles. The van der Waals surface area contributed by atoms with Gasteiger partial charge in [-0.25, -0.2) is 0 Å². The maximum Gasteiger partial charge on any atom is 0.140 e. The standard InChI is InChI=1S/C22H24N2O2/c25-17-6-3-4-13-19-14-10-12-7-9-23-22(8-2-1-5-15(12)22)16(14)11-18(26)21(19)24-20(13)17/h3-4,6,11-12,15,23-26H,1-2,5,7-10H2/t12-,15+,22+/m1/s1. The number of aromatic hydroxyl groups is 2. The molecule has 3 atom stereocenters. The maximum absolute atomic E-state index is 10.9. The molecule has 0 radical (unpaired) electrons. The van der Waals surface area contributed by atoms with Gasteiger partial charge in [0.25, 0.3) is 0 Å². The lowest BCUT2D eigenvalue weighted by Gasteiger charge is -2.56. The lowest BCUT2D eigenvalue weighted by molar-refractivity contribution is 0.0351. The molecule has 0 spiro atoms. The molecule has 1 saturated heterocycles. The number of fused-ring (bicyclic) bond motifs is 5. The minimum atomic E-state index is 0.0286. The first-order valence-corrected chi connectivity index (χ1v) is 9.93. The number of hydrogen-bond acceptors (Lipinski definition) is 3. The Hall–Kier alpha value is -2.20. The van der Waals surface area contributed by atoms with Crippen LogP contribution in [0, 0.1) is 11.8 Å². The summed E-state index contributed by atoms with van der Waals surface area (Å²) in [5.74, 6) is 1.96. The monoisotopic (exact) mass is 348 g/mol. The molecule has 0 unspecified atom stereocenters. The van der Waals surface area contributed by atoms with Crippen LogP contribution in [0.25, 0.3) is 21.8 Å². The van der Waals surface area contributed by atoms with E-state index in [0.717, 1.165) is 40.7 Å². The van der Waals surface area contributed by atoms with Crippen LogP contribution in [0.4, 0.5) is 0 Å². The quantitative estimate of drug-likeness (QED) is 0.490. The van der Waals surface area contributed by atoms with Gasteiger partial charge >= 0.3 is 0 Å². The Morgan fingerprint density at radius 3 is 2.88 bits per heavy atom. The van der Waals surface area contributed by atoms with Crippen LogP contribution < -0.4 is 5.32 Å². The minimum Gasteiger partial charge on any atom is -0.506 e. The molecule has 2 aromatic carbocycles. The normalized spacial score (nSPS) is 30.3. The summed E-state index contributed by atoms with van der Waals surface area (Å²) in [6.07, 6.45) is 7.37. The average molecular weight is 348 g/mol. The third kappa shape index (κ3) is 1.69. The van der Waals surface area contributed by atoms with E-state index >= 15 is 0 Å². The zero-order chi connectivity index (χ0) is 17.5. The number of nitrogens with one attached hydrogen (secondary N) is 2. The number of hydrogen-bond donors (Lipinski definition) is 4. The number of phenolic OH excluding ortho intramolecular Hbond substituents is 2. The van der Waals surface area contributed by atoms with E-state index in [1.54, 1.807) is 6.07 Å². The van der Waals surface area contributed by atoms with Crippen LogP contribution in [-0.4, -0.2) is 21.7 Å². The SMILES string of the molecule is Oc1cccc2c1[nH]c1c(O)cc3c(c12)C[C@H]1CCN[C@]32CCCC[C@@H]12. The second-order valence-electron chi connectivity index (χ2n) is 8.50. The first-order valence-electron chi connectivity index (χ1n) is 9.93. The molecule has 4 N–H and O–H groups in total. The highest BCUT2D eigenvalue weighted by atomic mass is 16.3. The summed E-state index contributed by atoms with van der Waals surface area (Å²) in [5, 5.41) is 27.2. The predicted molar refractivity (Wildman–Crippen MR) is 103 cm³/mol. The van der Waals surface area contributed by atoms with E-state index in [-0.39, 0.29) is 11.3 Å². The molecular formula is C22H24N2O2. The van der Waals surface area contributed by atoms with Gasteiger partial charge in [0, 0.05) is 16.3 Å². The van der Waals surface area contributed by atoms with E-state index < -0.39 is 0 Å². The Labute approximate surface area is 152 Å². The fraction of sp³-hybridized carbons (Fsp3) is 0.455. The molecule has 1 aromatic heterocycles. The van der Waals surface area contributed by atoms with Crippen molar-refractivity contribution in [1.82, 2.24) is 10.3 Å². The van der Waals surface area contributed by atoms with Gasteiger partial charge in [-0.1, -0.05) is 25.0 Å². The molecule has 2 bridgehead atoms. The Bertz CT molecular complexity index is 1050. The molecule has 6 rings (SSSR count). The van der Waals surface area contributed by atoms with Gasteiger partial charge in [0.1, 0.15) is 11.5 Å². The van der Waals surface area contributed by atoms with Crippen LogP contribution in [0.3, 0.4) is 0 Å². The van der Waals surface area contributed by atoms with Gasteiger partial charge in [0.15, 0.2) is 0 Å². The Morgan fingerprint density at radius 2 is 1.96 bits per heavy atom. The molecule has 4 nitrogen and oxygen atoms in total. The molecule has 4 heteroatoms. The minimum absolute atomic E-state index is 0.0286. The summed E-state index contributed by atoms with van der Waals surface area (Å²) in [6.45, 7) is 1.08. The molecule has 2 fully saturated rings. The molecule has 134 valence electrons. The first-order chi connectivity index (χ1) is 12.7. The fourth-order valence-electron chi connectivity index (χ4n) is 6.42. The summed E-state index contributed by atoms with van der Waals surface area (Å²) >= 11 is 0. The Kier molecular flexibility index (Phi) is 2.84. The highest BCUT2D eigenvalue weighted by molar-refractivity contribution is 6.13. The van der Waals surface area contributed by atoms with Gasteiger partial charge in [-0.3, -0.25) is 0 Å². The first kappa shape index (κ1) is 14.9. The highest BCUT2D eigenvalue weighted by Crippen LogP contribution is 2.56. The third-order valence-corrected chi connectivity index (χ3v) is 7.42. The number of rotatable bonds is 0. The van der Waals surface area contributed by atoms with Crippen LogP contribution in [-0.2, 0) is 12.0 Å². The number of benzene rings is 2. The molecule has 3 aliphatic rings. The smallest absolute Gasteiger partial charge is 0.140 e.